The number of aromatic nitrogens is 2. The van der Waals surface area contributed by atoms with E-state index in [9.17, 15) is 4.79 Å². The molecule has 8 heteroatoms. The average Bonchev–Trinajstić information content (AvgIpc) is 2.82. The molecule has 0 saturated heterocycles. The van der Waals surface area contributed by atoms with Gasteiger partial charge in [-0.15, -0.1) is 10.2 Å². The maximum absolute atomic E-state index is 11.2. The zero-order chi connectivity index (χ0) is 13.0. The van der Waals surface area contributed by atoms with Gasteiger partial charge in [0.15, 0.2) is 4.34 Å². The maximum Gasteiger partial charge on any atom is 0.337 e. The van der Waals surface area contributed by atoms with Gasteiger partial charge in [0.1, 0.15) is 0 Å². The largest absolute Gasteiger partial charge is 1.00 e. The number of anilines is 1. The van der Waals surface area contributed by atoms with Gasteiger partial charge in [-0.25, -0.2) is 4.79 Å². The molecule has 2 N–H and O–H groups in total. The quantitative estimate of drug-likeness (QED) is 0.568. The monoisotopic (exact) mass is 360 g/mol. The fraction of sp³-hybridized carbons (Fsp3) is 0.182. The first-order valence-electron chi connectivity index (χ1n) is 5.08. The number of nitrogens with two attached hydrogens (primary N) is 1. The van der Waals surface area contributed by atoms with Crippen LogP contribution in [0.1, 0.15) is 15.9 Å². The molecular formula is C11H11BrN3O2S2-. The van der Waals surface area contributed by atoms with Crippen LogP contribution in [0.2, 0.25) is 0 Å². The lowest BCUT2D eigenvalue weighted by Gasteiger charge is -2.01. The van der Waals surface area contributed by atoms with E-state index in [1.807, 2.05) is 12.1 Å². The van der Waals surface area contributed by atoms with E-state index in [-0.39, 0.29) is 23.0 Å². The van der Waals surface area contributed by atoms with Crippen LogP contribution in [-0.4, -0.2) is 23.3 Å². The van der Waals surface area contributed by atoms with E-state index in [1.165, 1.54) is 18.4 Å². The van der Waals surface area contributed by atoms with Crippen molar-refractivity contribution in [2.45, 2.75) is 10.1 Å². The van der Waals surface area contributed by atoms with Crippen LogP contribution in [0, 0.1) is 0 Å². The van der Waals surface area contributed by atoms with Gasteiger partial charge in [-0.3, -0.25) is 0 Å². The minimum atomic E-state index is -0.328. The van der Waals surface area contributed by atoms with Crippen LogP contribution in [0.15, 0.2) is 28.6 Å². The molecule has 0 radical (unpaired) electrons. The van der Waals surface area contributed by atoms with Crippen molar-refractivity contribution in [2.24, 2.45) is 0 Å². The number of rotatable bonds is 4. The van der Waals surface area contributed by atoms with E-state index in [0.717, 1.165) is 15.7 Å². The van der Waals surface area contributed by atoms with E-state index in [0.29, 0.717) is 10.7 Å². The van der Waals surface area contributed by atoms with Gasteiger partial charge in [0.2, 0.25) is 5.13 Å². The van der Waals surface area contributed by atoms with E-state index in [2.05, 4.69) is 14.9 Å². The molecular weight excluding hydrogens is 350 g/mol. The molecule has 19 heavy (non-hydrogen) atoms. The van der Waals surface area contributed by atoms with Gasteiger partial charge in [-0.1, -0.05) is 35.2 Å². The Bertz CT molecular complexity index is 545. The molecule has 1 heterocycles. The molecule has 2 rings (SSSR count). The number of hydrogen-bond donors (Lipinski definition) is 1. The summed E-state index contributed by atoms with van der Waals surface area (Å²) in [6.07, 6.45) is 0. The van der Waals surface area contributed by atoms with Crippen molar-refractivity contribution < 1.29 is 26.5 Å². The molecule has 5 nitrogen and oxygen atoms in total. The fourth-order valence-corrected chi connectivity index (χ4v) is 2.87. The summed E-state index contributed by atoms with van der Waals surface area (Å²) in [5, 5.41) is 8.13. The molecule has 0 amide bonds. The van der Waals surface area contributed by atoms with Gasteiger partial charge in [0.05, 0.1) is 12.7 Å². The first kappa shape index (κ1) is 15.9. The highest BCUT2D eigenvalue weighted by Crippen LogP contribution is 2.26. The van der Waals surface area contributed by atoms with Gasteiger partial charge in [-0.05, 0) is 17.7 Å². The fourth-order valence-electron chi connectivity index (χ4n) is 1.28. The van der Waals surface area contributed by atoms with E-state index in [1.54, 1.807) is 23.9 Å². The number of benzene rings is 1. The van der Waals surface area contributed by atoms with Gasteiger partial charge in [0, 0.05) is 5.75 Å². The normalized spacial score (nSPS) is 9.74. The molecule has 0 fully saturated rings. The number of thioether (sulfide) groups is 1. The Morgan fingerprint density at radius 1 is 1.37 bits per heavy atom. The van der Waals surface area contributed by atoms with Gasteiger partial charge in [0.25, 0.3) is 0 Å². The number of carbonyl (C=O) groups is 1. The van der Waals surface area contributed by atoms with Crippen LogP contribution in [0.4, 0.5) is 5.13 Å². The number of hydrogen-bond acceptors (Lipinski definition) is 7. The second kappa shape index (κ2) is 7.46. The molecule has 0 bridgehead atoms. The molecule has 0 aliphatic heterocycles. The van der Waals surface area contributed by atoms with Crippen LogP contribution in [0.5, 0.6) is 0 Å². The van der Waals surface area contributed by atoms with Crippen molar-refractivity contribution in [2.75, 3.05) is 12.8 Å². The minimum Gasteiger partial charge on any atom is -1.00 e. The van der Waals surface area contributed by atoms with Crippen molar-refractivity contribution in [1.82, 2.24) is 10.2 Å². The second-order valence-corrected chi connectivity index (χ2v) is 5.61. The van der Waals surface area contributed by atoms with Crippen molar-refractivity contribution in [3.8, 4) is 0 Å². The molecule has 0 spiro atoms. The van der Waals surface area contributed by atoms with E-state index >= 15 is 0 Å². The number of nitrogens with zero attached hydrogens (tertiary/aromatic N) is 2. The second-order valence-electron chi connectivity index (χ2n) is 3.38. The van der Waals surface area contributed by atoms with Crippen molar-refractivity contribution >= 4 is 34.2 Å². The average molecular weight is 361 g/mol. The molecule has 1 aromatic heterocycles. The Morgan fingerprint density at radius 2 is 2.05 bits per heavy atom. The number of methoxy groups -OCH3 is 1. The Labute approximate surface area is 129 Å². The SMILES string of the molecule is COC(=O)c1ccc(CSc2nnc(N)s2)cc1.[Br-]. The summed E-state index contributed by atoms with van der Waals surface area (Å²) in [7, 11) is 1.37. The number of halogens is 1. The number of ether oxygens (including phenoxy) is 1. The van der Waals surface area contributed by atoms with Crippen LogP contribution in [0.3, 0.4) is 0 Å². The molecule has 0 saturated carbocycles. The first-order valence-corrected chi connectivity index (χ1v) is 6.88. The summed E-state index contributed by atoms with van der Waals surface area (Å²) in [5.74, 6) is 0.432. The van der Waals surface area contributed by atoms with E-state index in [4.69, 9.17) is 5.73 Å². The molecule has 0 aliphatic rings. The third kappa shape index (κ3) is 4.48. The number of carbonyl (C=O) groups excluding carboxylic acids is 1. The molecule has 1 aromatic carbocycles. The van der Waals surface area contributed by atoms with Crippen molar-refractivity contribution in [3.05, 3.63) is 35.4 Å². The Kier molecular flexibility index (Phi) is 6.26. The highest BCUT2D eigenvalue weighted by Gasteiger charge is 2.06. The molecule has 2 aromatic rings. The minimum absolute atomic E-state index is 0. The first-order chi connectivity index (χ1) is 8.69. The maximum atomic E-state index is 11.2. The van der Waals surface area contributed by atoms with E-state index < -0.39 is 0 Å². The van der Waals surface area contributed by atoms with Crippen LogP contribution < -0.4 is 22.7 Å². The standard InChI is InChI=1S/C11H11N3O2S2.BrH/c1-16-9(15)8-4-2-7(3-5-8)6-17-11-14-13-10(12)18-11;/h2-5H,6H2,1H3,(H2,12,13);1H/p-1. The molecule has 0 aliphatic carbocycles. The van der Waals surface area contributed by atoms with Gasteiger partial charge >= 0.3 is 5.97 Å². The summed E-state index contributed by atoms with van der Waals surface area (Å²) < 4.78 is 5.47. The molecule has 0 unspecified atom stereocenters. The third-order valence-electron chi connectivity index (χ3n) is 2.16. The lowest BCUT2D eigenvalue weighted by Crippen LogP contribution is -3.00. The Balaban J connectivity index is 0.00000180. The molecule has 102 valence electrons. The number of nitrogen functional groups attached to an aromatic ring is 1. The van der Waals surface area contributed by atoms with Gasteiger partial charge < -0.3 is 27.5 Å². The Hall–Kier alpha value is -1.12. The summed E-state index contributed by atoms with van der Waals surface area (Å²) in [5.41, 5.74) is 7.14. The highest BCUT2D eigenvalue weighted by molar-refractivity contribution is 8.00. The zero-order valence-electron chi connectivity index (χ0n) is 10.00. The van der Waals surface area contributed by atoms with Crippen molar-refractivity contribution in [3.63, 3.8) is 0 Å². The topological polar surface area (TPSA) is 78.1 Å². The van der Waals surface area contributed by atoms with Crippen LogP contribution in [0.25, 0.3) is 0 Å². The van der Waals surface area contributed by atoms with Crippen molar-refractivity contribution in [1.29, 1.82) is 0 Å². The third-order valence-corrected chi connectivity index (χ3v) is 4.12. The van der Waals surface area contributed by atoms with Gasteiger partial charge in [-0.2, -0.15) is 0 Å². The smallest absolute Gasteiger partial charge is 0.337 e. The Morgan fingerprint density at radius 3 is 2.58 bits per heavy atom. The van der Waals surface area contributed by atoms with Crippen LogP contribution in [-0.2, 0) is 10.5 Å². The summed E-state index contributed by atoms with van der Waals surface area (Å²) in [6, 6.07) is 7.28. The number of esters is 1. The lowest BCUT2D eigenvalue weighted by atomic mass is 10.1. The predicted octanol–water partition coefficient (Wildman–Crippen LogP) is -0.797. The predicted molar refractivity (Wildman–Crippen MR) is 71.7 cm³/mol. The summed E-state index contributed by atoms with van der Waals surface area (Å²) in [6.45, 7) is 0. The zero-order valence-corrected chi connectivity index (χ0v) is 13.2. The summed E-state index contributed by atoms with van der Waals surface area (Å²) in [4.78, 5) is 11.2. The van der Waals surface area contributed by atoms with Crippen LogP contribution >= 0.6 is 23.1 Å². The lowest BCUT2D eigenvalue weighted by molar-refractivity contribution is -0.0000183. The highest BCUT2D eigenvalue weighted by atomic mass is 79.9. The summed E-state index contributed by atoms with van der Waals surface area (Å²) >= 11 is 2.93. The molecule has 0 atom stereocenters.